The Morgan fingerprint density at radius 3 is 2.75 bits per heavy atom. The maximum atomic E-state index is 11.2. The number of hydrogen-bond acceptors (Lipinski definition) is 3. The molecule has 0 aliphatic rings. The van der Waals surface area contributed by atoms with Crippen molar-refractivity contribution in [2.24, 2.45) is 0 Å². The van der Waals surface area contributed by atoms with Crippen molar-refractivity contribution in [3.05, 3.63) is 34.3 Å². The Balaban J connectivity index is 2.12. The van der Waals surface area contributed by atoms with Gasteiger partial charge in [0, 0.05) is 16.9 Å². The van der Waals surface area contributed by atoms with E-state index in [-0.39, 0.29) is 5.97 Å². The summed E-state index contributed by atoms with van der Waals surface area (Å²) in [6, 6.07) is 8.60. The van der Waals surface area contributed by atoms with Crippen molar-refractivity contribution in [3.8, 4) is 0 Å². The average Bonchev–Trinajstić information content (AvgIpc) is 2.43. The summed E-state index contributed by atoms with van der Waals surface area (Å²) in [5, 5.41) is 3.51. The quantitative estimate of drug-likeness (QED) is 0.539. The summed E-state index contributed by atoms with van der Waals surface area (Å²) in [5.41, 5.74) is 1.28. The molecule has 1 aromatic carbocycles. The van der Waals surface area contributed by atoms with Gasteiger partial charge in [-0.1, -0.05) is 40.5 Å². The molecule has 0 amide bonds. The third kappa shape index (κ3) is 6.53. The van der Waals surface area contributed by atoms with E-state index in [0.29, 0.717) is 19.1 Å². The van der Waals surface area contributed by atoms with Gasteiger partial charge in [-0.15, -0.1) is 0 Å². The summed E-state index contributed by atoms with van der Waals surface area (Å²) >= 11 is 3.57. The number of ether oxygens (including phenoxy) is 1. The molecule has 0 saturated carbocycles. The van der Waals surface area contributed by atoms with E-state index in [1.807, 2.05) is 13.0 Å². The van der Waals surface area contributed by atoms with Crippen molar-refractivity contribution in [1.29, 1.82) is 0 Å². The van der Waals surface area contributed by atoms with Gasteiger partial charge in [0.25, 0.3) is 0 Å². The zero-order chi connectivity index (χ0) is 14.8. The molecule has 3 nitrogen and oxygen atoms in total. The largest absolute Gasteiger partial charge is 0.466 e. The first-order valence-corrected chi connectivity index (χ1v) is 8.08. The second-order valence-electron chi connectivity index (χ2n) is 4.81. The van der Waals surface area contributed by atoms with Crippen LogP contribution in [0.1, 0.15) is 51.1 Å². The summed E-state index contributed by atoms with van der Waals surface area (Å²) in [6.07, 6.45) is 3.57. The Bertz CT molecular complexity index is 409. The van der Waals surface area contributed by atoms with Crippen LogP contribution in [0.5, 0.6) is 0 Å². The maximum absolute atomic E-state index is 11.2. The van der Waals surface area contributed by atoms with Crippen LogP contribution in [0.4, 0.5) is 0 Å². The van der Waals surface area contributed by atoms with Crippen molar-refractivity contribution in [3.63, 3.8) is 0 Å². The Hall–Kier alpha value is -0.870. The fraction of sp³-hybridized carbons (Fsp3) is 0.562. The highest BCUT2D eigenvalue weighted by atomic mass is 79.9. The van der Waals surface area contributed by atoms with Crippen LogP contribution in [0.2, 0.25) is 0 Å². The van der Waals surface area contributed by atoms with E-state index < -0.39 is 0 Å². The molecule has 0 saturated heterocycles. The fourth-order valence-corrected chi connectivity index (χ4v) is 2.69. The highest BCUT2D eigenvalue weighted by molar-refractivity contribution is 9.10. The topological polar surface area (TPSA) is 38.3 Å². The fourth-order valence-electron chi connectivity index (χ4n) is 2.06. The van der Waals surface area contributed by atoms with Crippen LogP contribution < -0.4 is 5.32 Å². The van der Waals surface area contributed by atoms with E-state index in [4.69, 9.17) is 4.74 Å². The highest BCUT2D eigenvalue weighted by Crippen LogP contribution is 2.22. The minimum absolute atomic E-state index is 0.0814. The van der Waals surface area contributed by atoms with E-state index in [1.165, 1.54) is 5.56 Å². The molecule has 0 aliphatic heterocycles. The summed E-state index contributed by atoms with van der Waals surface area (Å²) in [5.74, 6) is -0.0814. The molecule has 0 fully saturated rings. The molecule has 1 rings (SSSR count). The molecule has 112 valence electrons. The van der Waals surface area contributed by atoms with Crippen molar-refractivity contribution >= 4 is 21.9 Å². The Kier molecular flexibility index (Phi) is 8.54. The van der Waals surface area contributed by atoms with Gasteiger partial charge < -0.3 is 10.1 Å². The first-order valence-electron chi connectivity index (χ1n) is 7.28. The van der Waals surface area contributed by atoms with E-state index in [1.54, 1.807) is 0 Å². The zero-order valence-electron chi connectivity index (χ0n) is 12.3. The van der Waals surface area contributed by atoms with Gasteiger partial charge in [-0.2, -0.15) is 0 Å². The molecule has 0 bridgehead atoms. The molecule has 4 heteroatoms. The molecule has 1 atom stereocenters. The van der Waals surface area contributed by atoms with E-state index in [9.17, 15) is 4.79 Å². The lowest BCUT2D eigenvalue weighted by molar-refractivity contribution is -0.143. The van der Waals surface area contributed by atoms with Gasteiger partial charge in [0.1, 0.15) is 0 Å². The monoisotopic (exact) mass is 341 g/mol. The molecule has 0 aliphatic carbocycles. The van der Waals surface area contributed by atoms with Crippen LogP contribution in [0.25, 0.3) is 0 Å². The number of benzene rings is 1. The van der Waals surface area contributed by atoms with Crippen LogP contribution in [0.3, 0.4) is 0 Å². The normalized spacial score (nSPS) is 12.2. The maximum Gasteiger partial charge on any atom is 0.305 e. The summed E-state index contributed by atoms with van der Waals surface area (Å²) in [7, 11) is 0. The summed E-state index contributed by atoms with van der Waals surface area (Å²) < 4.78 is 6.04. The van der Waals surface area contributed by atoms with Crippen molar-refractivity contribution < 1.29 is 9.53 Å². The lowest BCUT2D eigenvalue weighted by Crippen LogP contribution is -2.20. The molecule has 0 radical (unpaired) electrons. The summed E-state index contributed by atoms with van der Waals surface area (Å²) in [6.45, 7) is 5.44. The standard InChI is InChI=1S/C16H24BrNO2/c1-3-20-16(19)11-5-4-8-12-18-13(2)14-9-6-7-10-15(14)17/h6-7,9-10,13,18H,3-5,8,11-12H2,1-2H3/t13-/m0/s1. The Morgan fingerprint density at radius 1 is 1.30 bits per heavy atom. The average molecular weight is 342 g/mol. The smallest absolute Gasteiger partial charge is 0.305 e. The molecular formula is C16H24BrNO2. The van der Waals surface area contributed by atoms with Gasteiger partial charge in [0.05, 0.1) is 6.61 Å². The third-order valence-corrected chi connectivity index (χ3v) is 3.91. The van der Waals surface area contributed by atoms with Crippen molar-refractivity contribution in [2.75, 3.05) is 13.2 Å². The predicted octanol–water partition coefficient (Wildman–Crippen LogP) is 4.22. The summed E-state index contributed by atoms with van der Waals surface area (Å²) in [4.78, 5) is 11.2. The van der Waals surface area contributed by atoms with Crippen molar-refractivity contribution in [2.45, 2.75) is 45.6 Å². The molecular weight excluding hydrogens is 318 g/mol. The molecule has 0 unspecified atom stereocenters. The van der Waals surface area contributed by atoms with Gasteiger partial charge in [0.15, 0.2) is 0 Å². The Morgan fingerprint density at radius 2 is 2.05 bits per heavy atom. The molecule has 0 aromatic heterocycles. The molecule has 0 heterocycles. The number of carbonyl (C=O) groups excluding carboxylic acids is 1. The zero-order valence-corrected chi connectivity index (χ0v) is 13.9. The number of rotatable bonds is 9. The van der Waals surface area contributed by atoms with Gasteiger partial charge in [0.2, 0.25) is 0 Å². The van der Waals surface area contributed by atoms with Gasteiger partial charge in [-0.25, -0.2) is 0 Å². The van der Waals surface area contributed by atoms with E-state index >= 15 is 0 Å². The second-order valence-corrected chi connectivity index (χ2v) is 5.67. The number of nitrogens with one attached hydrogen (secondary N) is 1. The van der Waals surface area contributed by atoms with Crippen LogP contribution in [0.15, 0.2) is 28.7 Å². The van der Waals surface area contributed by atoms with Gasteiger partial charge >= 0.3 is 5.97 Å². The molecule has 0 spiro atoms. The van der Waals surface area contributed by atoms with E-state index in [2.05, 4.69) is 46.4 Å². The number of halogens is 1. The second kappa shape index (κ2) is 9.94. The van der Waals surface area contributed by atoms with Crippen LogP contribution >= 0.6 is 15.9 Å². The first-order chi connectivity index (χ1) is 9.65. The van der Waals surface area contributed by atoms with Crippen molar-refractivity contribution in [1.82, 2.24) is 5.32 Å². The number of esters is 1. The van der Waals surface area contributed by atoms with E-state index in [0.717, 1.165) is 30.3 Å². The lowest BCUT2D eigenvalue weighted by atomic mass is 10.1. The number of unbranched alkanes of at least 4 members (excludes halogenated alkanes) is 2. The first kappa shape index (κ1) is 17.2. The molecule has 1 aromatic rings. The lowest BCUT2D eigenvalue weighted by Gasteiger charge is -2.15. The minimum Gasteiger partial charge on any atom is -0.466 e. The molecule has 20 heavy (non-hydrogen) atoms. The predicted molar refractivity (Wildman–Crippen MR) is 85.7 cm³/mol. The van der Waals surface area contributed by atoms with Gasteiger partial charge in [-0.05, 0) is 44.9 Å². The SMILES string of the molecule is CCOC(=O)CCCCCN[C@@H](C)c1ccccc1Br. The highest BCUT2D eigenvalue weighted by Gasteiger charge is 2.07. The minimum atomic E-state index is -0.0814. The van der Waals surface area contributed by atoms with Crippen LogP contribution in [0, 0.1) is 0 Å². The number of hydrogen-bond donors (Lipinski definition) is 1. The third-order valence-electron chi connectivity index (χ3n) is 3.19. The number of carbonyl (C=O) groups is 1. The van der Waals surface area contributed by atoms with Crippen LogP contribution in [-0.2, 0) is 9.53 Å². The van der Waals surface area contributed by atoms with Crippen LogP contribution in [-0.4, -0.2) is 19.1 Å². The Labute approximate surface area is 130 Å². The molecule has 1 N–H and O–H groups in total. The van der Waals surface area contributed by atoms with Gasteiger partial charge in [-0.3, -0.25) is 4.79 Å².